The van der Waals surface area contributed by atoms with E-state index in [0.29, 0.717) is 17.1 Å². The van der Waals surface area contributed by atoms with E-state index in [4.69, 9.17) is 0 Å². The average molecular weight is 297 g/mol. The molecule has 0 bridgehead atoms. The van der Waals surface area contributed by atoms with Gasteiger partial charge in [0, 0.05) is 31.5 Å². The zero-order valence-electron chi connectivity index (χ0n) is 12.2. The average Bonchev–Trinajstić information content (AvgIpc) is 2.45. The van der Waals surface area contributed by atoms with Crippen LogP contribution in [0.5, 0.6) is 0 Å². The predicted molar refractivity (Wildman–Crippen MR) is 80.2 cm³/mol. The Balaban J connectivity index is 2.33. The molecule has 1 saturated heterocycles. The quantitative estimate of drug-likeness (QED) is 0.907. The van der Waals surface area contributed by atoms with E-state index in [9.17, 15) is 8.42 Å². The van der Waals surface area contributed by atoms with Gasteiger partial charge >= 0.3 is 0 Å². The molecular weight excluding hydrogens is 274 g/mol. The van der Waals surface area contributed by atoms with Crippen LogP contribution < -0.4 is 5.32 Å². The molecule has 2 rings (SSSR count). The Kier molecular flexibility index (Phi) is 4.99. The molecule has 1 atom stereocenters. The number of nitrogens with zero attached hydrogens (tertiary/aromatic N) is 2. The fourth-order valence-electron chi connectivity index (χ4n) is 2.55. The number of sulfonamides is 1. The lowest BCUT2D eigenvalue weighted by Crippen LogP contribution is -2.42. The van der Waals surface area contributed by atoms with E-state index < -0.39 is 10.0 Å². The van der Waals surface area contributed by atoms with Crippen molar-refractivity contribution in [2.24, 2.45) is 0 Å². The Bertz CT molecular complexity index is 545. The SMILES string of the molecule is CCCNc1ccncc1S(=O)(=O)N1CCCCC1C. The Morgan fingerprint density at radius 2 is 2.25 bits per heavy atom. The summed E-state index contributed by atoms with van der Waals surface area (Å²) in [6.45, 7) is 5.38. The number of nitrogens with one attached hydrogen (secondary N) is 1. The van der Waals surface area contributed by atoms with Crippen molar-refractivity contribution in [3.05, 3.63) is 18.5 Å². The number of rotatable bonds is 5. The van der Waals surface area contributed by atoms with E-state index in [1.807, 2.05) is 6.92 Å². The molecule has 2 heterocycles. The number of anilines is 1. The van der Waals surface area contributed by atoms with Gasteiger partial charge in [0.1, 0.15) is 4.90 Å². The van der Waals surface area contributed by atoms with Crippen LogP contribution in [-0.2, 0) is 10.0 Å². The molecule has 1 N–H and O–H groups in total. The van der Waals surface area contributed by atoms with Crippen LogP contribution in [0.25, 0.3) is 0 Å². The molecule has 0 radical (unpaired) electrons. The van der Waals surface area contributed by atoms with E-state index in [2.05, 4.69) is 17.2 Å². The molecule has 5 nitrogen and oxygen atoms in total. The molecular formula is C14H23N3O2S. The Morgan fingerprint density at radius 3 is 2.95 bits per heavy atom. The molecule has 1 aromatic rings. The van der Waals surface area contributed by atoms with Crippen molar-refractivity contribution in [3.63, 3.8) is 0 Å². The predicted octanol–water partition coefficient (Wildman–Crippen LogP) is 2.47. The maximum atomic E-state index is 12.8. The number of hydrogen-bond acceptors (Lipinski definition) is 4. The van der Waals surface area contributed by atoms with Crippen molar-refractivity contribution >= 4 is 15.7 Å². The number of piperidine rings is 1. The van der Waals surface area contributed by atoms with Gasteiger partial charge in [-0.1, -0.05) is 13.3 Å². The third-order valence-corrected chi connectivity index (χ3v) is 5.72. The van der Waals surface area contributed by atoms with E-state index in [-0.39, 0.29) is 6.04 Å². The van der Waals surface area contributed by atoms with Gasteiger partial charge < -0.3 is 5.32 Å². The van der Waals surface area contributed by atoms with E-state index in [1.54, 1.807) is 16.6 Å². The van der Waals surface area contributed by atoms with E-state index >= 15 is 0 Å². The molecule has 1 aliphatic rings. The maximum Gasteiger partial charge on any atom is 0.246 e. The van der Waals surface area contributed by atoms with Crippen LogP contribution in [0.15, 0.2) is 23.4 Å². The number of aromatic nitrogens is 1. The molecule has 1 unspecified atom stereocenters. The van der Waals surface area contributed by atoms with Crippen LogP contribution in [0.1, 0.15) is 39.5 Å². The Hall–Kier alpha value is -1.14. The van der Waals surface area contributed by atoms with Crippen LogP contribution in [-0.4, -0.2) is 36.8 Å². The van der Waals surface area contributed by atoms with Gasteiger partial charge in [-0.3, -0.25) is 4.98 Å². The molecule has 1 aromatic heterocycles. The molecule has 0 amide bonds. The normalized spacial score (nSPS) is 20.8. The minimum Gasteiger partial charge on any atom is -0.384 e. The minimum absolute atomic E-state index is 0.0629. The first-order valence-corrected chi connectivity index (χ1v) is 8.71. The fraction of sp³-hybridized carbons (Fsp3) is 0.643. The Morgan fingerprint density at radius 1 is 1.45 bits per heavy atom. The molecule has 20 heavy (non-hydrogen) atoms. The molecule has 1 aliphatic heterocycles. The second-order valence-electron chi connectivity index (χ2n) is 5.26. The topological polar surface area (TPSA) is 62.3 Å². The van der Waals surface area contributed by atoms with Gasteiger partial charge in [0.15, 0.2) is 0 Å². The standard InChI is InChI=1S/C14H23N3O2S/c1-3-8-16-13-7-9-15-11-14(13)20(18,19)17-10-5-4-6-12(17)2/h7,9,11-12H,3-6,8,10H2,1-2H3,(H,15,16). The van der Waals surface area contributed by atoms with Gasteiger partial charge in [-0.15, -0.1) is 0 Å². The summed E-state index contributed by atoms with van der Waals surface area (Å²) in [5.41, 5.74) is 0.652. The second kappa shape index (κ2) is 6.54. The van der Waals surface area contributed by atoms with Crippen LogP contribution in [0.3, 0.4) is 0 Å². The highest BCUT2D eigenvalue weighted by molar-refractivity contribution is 7.89. The minimum atomic E-state index is -3.46. The lowest BCUT2D eigenvalue weighted by molar-refractivity contribution is 0.268. The summed E-state index contributed by atoms with van der Waals surface area (Å²) in [7, 11) is -3.46. The fourth-order valence-corrected chi connectivity index (χ4v) is 4.36. The van der Waals surface area contributed by atoms with E-state index in [0.717, 1.165) is 32.2 Å². The van der Waals surface area contributed by atoms with Crippen molar-refractivity contribution in [1.82, 2.24) is 9.29 Å². The van der Waals surface area contributed by atoms with Crippen molar-refractivity contribution in [2.75, 3.05) is 18.4 Å². The highest BCUT2D eigenvalue weighted by atomic mass is 32.2. The van der Waals surface area contributed by atoms with Crippen molar-refractivity contribution in [1.29, 1.82) is 0 Å². The molecule has 0 aromatic carbocycles. The van der Waals surface area contributed by atoms with Crippen LogP contribution in [0.4, 0.5) is 5.69 Å². The summed E-state index contributed by atoms with van der Waals surface area (Å²) in [6, 6.07) is 1.80. The summed E-state index contributed by atoms with van der Waals surface area (Å²) in [5, 5.41) is 3.18. The lowest BCUT2D eigenvalue weighted by atomic mass is 10.1. The van der Waals surface area contributed by atoms with Gasteiger partial charge in [-0.2, -0.15) is 4.31 Å². The smallest absolute Gasteiger partial charge is 0.246 e. The van der Waals surface area contributed by atoms with Crippen molar-refractivity contribution in [3.8, 4) is 0 Å². The van der Waals surface area contributed by atoms with Crippen LogP contribution in [0, 0.1) is 0 Å². The van der Waals surface area contributed by atoms with Gasteiger partial charge in [0.2, 0.25) is 10.0 Å². The van der Waals surface area contributed by atoms with Crippen molar-refractivity contribution < 1.29 is 8.42 Å². The molecule has 0 spiro atoms. The maximum absolute atomic E-state index is 12.8. The zero-order chi connectivity index (χ0) is 14.6. The second-order valence-corrected chi connectivity index (χ2v) is 7.12. The molecule has 0 saturated carbocycles. The highest BCUT2D eigenvalue weighted by Crippen LogP contribution is 2.28. The van der Waals surface area contributed by atoms with Crippen LogP contribution in [0.2, 0.25) is 0 Å². The van der Waals surface area contributed by atoms with Gasteiger partial charge in [0.05, 0.1) is 5.69 Å². The van der Waals surface area contributed by atoms with Crippen LogP contribution >= 0.6 is 0 Å². The number of hydrogen-bond donors (Lipinski definition) is 1. The summed E-state index contributed by atoms with van der Waals surface area (Å²) in [5.74, 6) is 0. The summed E-state index contributed by atoms with van der Waals surface area (Å²) in [4.78, 5) is 4.29. The van der Waals surface area contributed by atoms with Gasteiger partial charge in [-0.05, 0) is 32.3 Å². The molecule has 6 heteroatoms. The molecule has 0 aliphatic carbocycles. The first-order valence-electron chi connectivity index (χ1n) is 7.27. The summed E-state index contributed by atoms with van der Waals surface area (Å²) in [6.07, 6.45) is 6.98. The third-order valence-electron chi connectivity index (χ3n) is 3.68. The summed E-state index contributed by atoms with van der Waals surface area (Å²) < 4.78 is 27.3. The zero-order valence-corrected chi connectivity index (χ0v) is 13.0. The number of pyridine rings is 1. The first-order chi connectivity index (χ1) is 9.57. The first kappa shape index (κ1) is 15.3. The van der Waals surface area contributed by atoms with Crippen molar-refractivity contribution in [2.45, 2.75) is 50.5 Å². The largest absolute Gasteiger partial charge is 0.384 e. The Labute approximate surface area is 121 Å². The highest BCUT2D eigenvalue weighted by Gasteiger charge is 2.32. The summed E-state index contributed by atoms with van der Waals surface area (Å²) >= 11 is 0. The monoisotopic (exact) mass is 297 g/mol. The lowest BCUT2D eigenvalue weighted by Gasteiger charge is -2.32. The van der Waals surface area contributed by atoms with Gasteiger partial charge in [-0.25, -0.2) is 8.42 Å². The van der Waals surface area contributed by atoms with E-state index in [1.165, 1.54) is 6.20 Å². The third kappa shape index (κ3) is 3.12. The molecule has 1 fully saturated rings. The van der Waals surface area contributed by atoms with Gasteiger partial charge in [0.25, 0.3) is 0 Å². The molecule has 112 valence electrons.